The quantitative estimate of drug-likeness (QED) is 0.208. The maximum absolute atomic E-state index is 14.8. The molecular formula is C33H42FN3O5S. The first kappa shape index (κ1) is 33.6. The van der Waals surface area contributed by atoms with Crippen LogP contribution < -0.4 is 14.4 Å². The zero-order chi connectivity index (χ0) is 31.2. The normalized spacial score (nSPS) is 11.9. The third kappa shape index (κ3) is 10.1. The van der Waals surface area contributed by atoms with Crippen LogP contribution in [0, 0.1) is 5.82 Å². The molecule has 0 aromatic heterocycles. The maximum Gasteiger partial charge on any atom is 0.243 e. The largest absolute Gasteiger partial charge is 0.492 e. The van der Waals surface area contributed by atoms with Gasteiger partial charge in [-0.2, -0.15) is 0 Å². The monoisotopic (exact) mass is 611 g/mol. The molecule has 0 aliphatic carbocycles. The Morgan fingerprint density at radius 2 is 1.60 bits per heavy atom. The van der Waals surface area contributed by atoms with Gasteiger partial charge in [0.2, 0.25) is 21.8 Å². The van der Waals surface area contributed by atoms with Crippen molar-refractivity contribution < 1.29 is 27.1 Å². The molecular weight excluding hydrogens is 569 g/mol. The van der Waals surface area contributed by atoms with Gasteiger partial charge in [0, 0.05) is 38.0 Å². The minimum atomic E-state index is -3.70. The second kappa shape index (κ2) is 16.6. The van der Waals surface area contributed by atoms with Crippen LogP contribution in [0.2, 0.25) is 0 Å². The molecule has 0 unspecified atom stereocenters. The minimum absolute atomic E-state index is 0.0221. The molecule has 0 saturated carbocycles. The van der Waals surface area contributed by atoms with Crippen LogP contribution >= 0.6 is 0 Å². The summed E-state index contributed by atoms with van der Waals surface area (Å²) in [5.74, 6) is -0.734. The zero-order valence-electron chi connectivity index (χ0n) is 25.2. The summed E-state index contributed by atoms with van der Waals surface area (Å²) < 4.78 is 47.3. The molecule has 0 radical (unpaired) electrons. The van der Waals surface area contributed by atoms with E-state index in [1.165, 1.54) is 15.3 Å². The number of hydrogen-bond donors (Lipinski definition) is 1. The van der Waals surface area contributed by atoms with Crippen LogP contribution in [0.3, 0.4) is 0 Å². The summed E-state index contributed by atoms with van der Waals surface area (Å²) >= 11 is 0. The Balaban J connectivity index is 1.89. The fraction of sp³-hybridized carbons (Fsp3) is 0.394. The van der Waals surface area contributed by atoms with E-state index in [4.69, 9.17) is 4.74 Å². The summed E-state index contributed by atoms with van der Waals surface area (Å²) in [6, 6.07) is 21.5. The van der Waals surface area contributed by atoms with E-state index in [0.717, 1.165) is 24.7 Å². The number of halogens is 1. The molecule has 10 heteroatoms. The van der Waals surface area contributed by atoms with Crippen molar-refractivity contribution in [1.29, 1.82) is 0 Å². The molecule has 3 rings (SSSR count). The number of rotatable bonds is 17. The maximum atomic E-state index is 14.8. The van der Waals surface area contributed by atoms with Crippen molar-refractivity contribution in [3.63, 3.8) is 0 Å². The average molecular weight is 612 g/mol. The number of carbonyl (C=O) groups excluding carboxylic acids is 2. The highest BCUT2D eigenvalue weighted by Crippen LogP contribution is 2.30. The molecule has 0 saturated heterocycles. The summed E-state index contributed by atoms with van der Waals surface area (Å²) in [7, 11) is -3.70. The predicted octanol–water partition coefficient (Wildman–Crippen LogP) is 5.33. The molecule has 1 atom stereocenters. The molecule has 0 fully saturated rings. The van der Waals surface area contributed by atoms with Gasteiger partial charge < -0.3 is 15.0 Å². The SMILES string of the molecule is CCCCNC(=O)[C@@H](Cc1ccccc1)N(Cc1ccccc1F)C(=O)CCCN(c1ccccc1OCC)S(C)(=O)=O. The van der Waals surface area contributed by atoms with Crippen molar-refractivity contribution in [1.82, 2.24) is 10.2 Å². The molecule has 2 amide bonds. The number of nitrogens with one attached hydrogen (secondary N) is 1. The number of nitrogens with zero attached hydrogens (tertiary/aromatic N) is 2. The Morgan fingerprint density at radius 3 is 2.28 bits per heavy atom. The van der Waals surface area contributed by atoms with Gasteiger partial charge in [0.1, 0.15) is 17.6 Å². The highest BCUT2D eigenvalue weighted by molar-refractivity contribution is 7.92. The van der Waals surface area contributed by atoms with E-state index in [9.17, 15) is 22.4 Å². The Kier molecular flexibility index (Phi) is 13.0. The Morgan fingerprint density at radius 1 is 0.930 bits per heavy atom. The third-order valence-electron chi connectivity index (χ3n) is 6.99. The first-order valence-corrected chi connectivity index (χ1v) is 16.5. The van der Waals surface area contributed by atoms with Gasteiger partial charge in [0.15, 0.2) is 0 Å². The van der Waals surface area contributed by atoms with Crippen molar-refractivity contribution in [2.24, 2.45) is 0 Å². The number of sulfonamides is 1. The molecule has 0 heterocycles. The van der Waals surface area contributed by atoms with Gasteiger partial charge in [-0.15, -0.1) is 0 Å². The van der Waals surface area contributed by atoms with E-state index in [1.807, 2.05) is 44.2 Å². The fourth-order valence-electron chi connectivity index (χ4n) is 4.79. The molecule has 43 heavy (non-hydrogen) atoms. The molecule has 0 bridgehead atoms. The van der Waals surface area contributed by atoms with Crippen molar-refractivity contribution >= 4 is 27.5 Å². The molecule has 0 aliphatic heterocycles. The Labute approximate surface area is 254 Å². The molecule has 0 aliphatic rings. The standard InChI is InChI=1S/C33H42FN3O5S/c1-4-6-22-35-33(39)30(24-26-15-8-7-9-16-26)36(25-27-17-10-11-18-28(27)34)32(38)21-14-23-37(43(3,40)41)29-19-12-13-20-31(29)42-5-2/h7-13,15-20,30H,4-6,14,21-25H2,1-3H3,(H,35,39)/t30-/m1/s1. The van der Waals surface area contributed by atoms with Crippen molar-refractivity contribution in [3.8, 4) is 5.75 Å². The van der Waals surface area contributed by atoms with Crippen molar-refractivity contribution in [2.75, 3.05) is 30.3 Å². The minimum Gasteiger partial charge on any atom is -0.492 e. The number of hydrogen-bond acceptors (Lipinski definition) is 5. The number of anilines is 1. The lowest BCUT2D eigenvalue weighted by atomic mass is 10.0. The summed E-state index contributed by atoms with van der Waals surface area (Å²) in [4.78, 5) is 28.9. The van der Waals surface area contributed by atoms with E-state index >= 15 is 0 Å². The van der Waals surface area contributed by atoms with Gasteiger partial charge in [-0.05, 0) is 43.5 Å². The second-order valence-electron chi connectivity index (χ2n) is 10.3. The Bertz CT molecular complexity index is 1440. The van der Waals surface area contributed by atoms with E-state index in [-0.39, 0.29) is 44.2 Å². The third-order valence-corrected chi connectivity index (χ3v) is 8.17. The molecule has 232 valence electrons. The van der Waals surface area contributed by atoms with Crippen molar-refractivity contribution in [3.05, 3.63) is 95.8 Å². The summed E-state index contributed by atoms with van der Waals surface area (Å²) in [5, 5.41) is 2.95. The summed E-state index contributed by atoms with van der Waals surface area (Å²) in [6.07, 6.45) is 3.16. The highest BCUT2D eigenvalue weighted by atomic mass is 32.2. The fourth-order valence-corrected chi connectivity index (χ4v) is 5.76. The summed E-state index contributed by atoms with van der Waals surface area (Å²) in [5.41, 5.74) is 1.54. The predicted molar refractivity (Wildman–Crippen MR) is 168 cm³/mol. The first-order chi connectivity index (χ1) is 20.7. The molecule has 1 N–H and O–H groups in total. The lowest BCUT2D eigenvalue weighted by Gasteiger charge is -2.32. The van der Waals surface area contributed by atoms with Gasteiger partial charge in [-0.3, -0.25) is 13.9 Å². The lowest BCUT2D eigenvalue weighted by molar-refractivity contribution is -0.141. The number of para-hydroxylation sites is 2. The van der Waals surface area contributed by atoms with Crippen LogP contribution in [0.15, 0.2) is 78.9 Å². The number of amides is 2. The van der Waals surface area contributed by atoms with Gasteiger partial charge in [0.05, 0.1) is 18.6 Å². The topological polar surface area (TPSA) is 96.0 Å². The number of carbonyl (C=O) groups is 2. The van der Waals surface area contributed by atoms with E-state index in [2.05, 4.69) is 5.32 Å². The van der Waals surface area contributed by atoms with E-state index in [0.29, 0.717) is 30.2 Å². The smallest absolute Gasteiger partial charge is 0.243 e. The van der Waals surface area contributed by atoms with Crippen LogP contribution in [0.1, 0.15) is 50.7 Å². The van der Waals surface area contributed by atoms with Gasteiger partial charge in [-0.25, -0.2) is 12.8 Å². The zero-order valence-corrected chi connectivity index (χ0v) is 26.0. The Hall–Kier alpha value is -3.92. The van der Waals surface area contributed by atoms with Crippen LogP contribution in [0.25, 0.3) is 0 Å². The van der Waals surface area contributed by atoms with E-state index < -0.39 is 21.9 Å². The van der Waals surface area contributed by atoms with Crippen LogP contribution in [0.4, 0.5) is 10.1 Å². The van der Waals surface area contributed by atoms with Crippen LogP contribution in [0.5, 0.6) is 5.75 Å². The number of ether oxygens (including phenoxy) is 1. The van der Waals surface area contributed by atoms with Gasteiger partial charge in [0.25, 0.3) is 0 Å². The van der Waals surface area contributed by atoms with E-state index in [1.54, 1.807) is 42.5 Å². The summed E-state index contributed by atoms with van der Waals surface area (Å²) in [6.45, 7) is 4.58. The van der Waals surface area contributed by atoms with Crippen LogP contribution in [-0.2, 0) is 32.6 Å². The molecule has 0 spiro atoms. The first-order valence-electron chi connectivity index (χ1n) is 14.7. The van der Waals surface area contributed by atoms with Crippen LogP contribution in [-0.4, -0.2) is 57.1 Å². The van der Waals surface area contributed by atoms with Gasteiger partial charge >= 0.3 is 0 Å². The van der Waals surface area contributed by atoms with Gasteiger partial charge in [-0.1, -0.05) is 74.0 Å². The highest BCUT2D eigenvalue weighted by Gasteiger charge is 2.31. The average Bonchev–Trinajstić information content (AvgIpc) is 2.98. The second-order valence-corrected chi connectivity index (χ2v) is 12.2. The number of benzene rings is 3. The number of unbranched alkanes of at least 4 members (excludes halogenated alkanes) is 1. The molecule has 3 aromatic rings. The lowest BCUT2D eigenvalue weighted by Crippen LogP contribution is -2.50. The molecule has 8 nitrogen and oxygen atoms in total. The molecule has 3 aromatic carbocycles. The van der Waals surface area contributed by atoms with Crippen molar-refractivity contribution in [2.45, 2.75) is 58.5 Å².